The Morgan fingerprint density at radius 2 is 1.96 bits per heavy atom. The molecular weight excluding hydrogens is 443 g/mol. The van der Waals surface area contributed by atoms with Crippen LogP contribution in [0.15, 0.2) is 28.4 Å². The maximum atomic E-state index is 13.6. The van der Waals surface area contributed by atoms with Crippen LogP contribution in [0.4, 0.5) is 18.9 Å². The molecule has 3 N–H and O–H groups in total. The molecule has 2 atom stereocenters. The minimum atomic E-state index is -4.54. The van der Waals surface area contributed by atoms with E-state index in [1.165, 1.54) is 11.2 Å². The third-order valence-corrected chi connectivity index (χ3v) is 5.38. The molecule has 2 saturated heterocycles. The number of rotatable bonds is 2. The first-order valence-electron chi connectivity index (χ1n) is 8.77. The van der Waals surface area contributed by atoms with Crippen LogP contribution in [0.5, 0.6) is 0 Å². The number of ether oxygens (including phenoxy) is 1. The van der Waals surface area contributed by atoms with Crippen LogP contribution in [0.2, 0.25) is 0 Å². The molecule has 3 aliphatic rings. The van der Waals surface area contributed by atoms with Gasteiger partial charge in [0, 0.05) is 23.8 Å². The number of benzene rings is 1. The average molecular weight is 462 g/mol. The number of carbonyl (C=O) groups is 1. The van der Waals surface area contributed by atoms with Crippen molar-refractivity contribution in [1.82, 2.24) is 21.0 Å². The van der Waals surface area contributed by atoms with Crippen molar-refractivity contribution in [2.75, 3.05) is 31.3 Å². The maximum Gasteiger partial charge on any atom is 0.418 e. The van der Waals surface area contributed by atoms with Gasteiger partial charge in [-0.05, 0) is 24.6 Å². The molecule has 152 valence electrons. The highest BCUT2D eigenvalue weighted by Crippen LogP contribution is 2.41. The number of amides is 1. The van der Waals surface area contributed by atoms with Gasteiger partial charge < -0.3 is 10.1 Å². The number of nitrogens with one attached hydrogen (secondary N) is 3. The van der Waals surface area contributed by atoms with Crippen LogP contribution in [0.25, 0.3) is 0 Å². The summed E-state index contributed by atoms with van der Waals surface area (Å²) in [6.07, 6.45) is -4.14. The summed E-state index contributed by atoms with van der Waals surface area (Å²) in [5.41, 5.74) is 2.92. The van der Waals surface area contributed by atoms with Gasteiger partial charge in [0.2, 0.25) is 0 Å². The van der Waals surface area contributed by atoms with Gasteiger partial charge in [0.15, 0.2) is 0 Å². The van der Waals surface area contributed by atoms with E-state index in [1.54, 1.807) is 13.0 Å². The number of morpholine rings is 1. The lowest BCUT2D eigenvalue weighted by molar-refractivity contribution is -0.137. The molecule has 0 aromatic heterocycles. The van der Waals surface area contributed by atoms with Gasteiger partial charge in [0.1, 0.15) is 12.5 Å². The van der Waals surface area contributed by atoms with Crippen molar-refractivity contribution in [3.63, 3.8) is 0 Å². The second kappa shape index (κ2) is 7.30. The minimum absolute atomic E-state index is 0.0323. The third-order valence-electron chi connectivity index (χ3n) is 4.92. The lowest BCUT2D eigenvalue weighted by Gasteiger charge is -2.40. The Morgan fingerprint density at radius 1 is 1.25 bits per heavy atom. The Bertz CT molecular complexity index is 826. The van der Waals surface area contributed by atoms with E-state index in [-0.39, 0.29) is 11.6 Å². The molecule has 28 heavy (non-hydrogen) atoms. The number of aryl methyl sites for hydroxylation is 1. The number of fused-ring (bicyclic) bond motifs is 1. The zero-order valence-electron chi connectivity index (χ0n) is 14.9. The second-order valence-electron chi connectivity index (χ2n) is 6.82. The summed E-state index contributed by atoms with van der Waals surface area (Å²) in [6.45, 7) is 4.03. The topological polar surface area (TPSA) is 68.9 Å². The van der Waals surface area contributed by atoms with E-state index in [2.05, 4.69) is 32.0 Å². The fourth-order valence-corrected chi connectivity index (χ4v) is 4.19. The van der Waals surface area contributed by atoms with Crippen LogP contribution >= 0.6 is 15.9 Å². The molecule has 0 aliphatic carbocycles. The number of anilines is 1. The molecule has 1 aromatic rings. The molecule has 7 nitrogen and oxygen atoms in total. The van der Waals surface area contributed by atoms with Crippen molar-refractivity contribution in [1.29, 1.82) is 0 Å². The van der Waals surface area contributed by atoms with E-state index in [0.29, 0.717) is 41.9 Å². The first-order valence-corrected chi connectivity index (χ1v) is 9.56. The Hall–Kier alpha value is -1.66. The molecule has 1 amide bonds. The number of hydrogen-bond acceptors (Lipinski definition) is 6. The molecule has 11 heteroatoms. The van der Waals surface area contributed by atoms with Crippen molar-refractivity contribution in [2.24, 2.45) is 0 Å². The first kappa shape index (κ1) is 19.6. The average Bonchev–Trinajstić information content (AvgIpc) is 3.05. The highest BCUT2D eigenvalue weighted by Gasteiger charge is 2.42. The van der Waals surface area contributed by atoms with E-state index in [1.807, 2.05) is 4.90 Å². The predicted molar refractivity (Wildman–Crippen MR) is 98.8 cm³/mol. The summed E-state index contributed by atoms with van der Waals surface area (Å²) >= 11 is 3.12. The second-order valence-corrected chi connectivity index (χ2v) is 7.74. The Labute approximate surface area is 168 Å². The van der Waals surface area contributed by atoms with Gasteiger partial charge in [0.05, 0.1) is 30.0 Å². The van der Waals surface area contributed by atoms with Gasteiger partial charge in [-0.15, -0.1) is 0 Å². The van der Waals surface area contributed by atoms with Gasteiger partial charge in [-0.1, -0.05) is 15.9 Å². The highest BCUT2D eigenvalue weighted by molar-refractivity contribution is 9.10. The lowest BCUT2D eigenvalue weighted by atomic mass is 10.1. The molecule has 0 bridgehead atoms. The fourth-order valence-electron chi connectivity index (χ4n) is 3.62. The number of alkyl halides is 3. The number of nitrogens with zero attached hydrogens (tertiary/aromatic N) is 2. The van der Waals surface area contributed by atoms with Crippen molar-refractivity contribution in [3.8, 4) is 0 Å². The molecule has 2 fully saturated rings. The number of hydrazine groups is 1. The molecule has 4 rings (SSSR count). The molecule has 1 aromatic carbocycles. The first-order chi connectivity index (χ1) is 13.2. The quantitative estimate of drug-likeness (QED) is 0.622. The van der Waals surface area contributed by atoms with Crippen LogP contribution in [0.1, 0.15) is 11.1 Å². The third kappa shape index (κ3) is 3.64. The maximum absolute atomic E-state index is 13.6. The zero-order chi connectivity index (χ0) is 20.1. The van der Waals surface area contributed by atoms with E-state index < -0.39 is 24.2 Å². The van der Waals surface area contributed by atoms with Gasteiger partial charge in [-0.3, -0.25) is 20.0 Å². The zero-order valence-corrected chi connectivity index (χ0v) is 16.5. The smallest absolute Gasteiger partial charge is 0.379 e. The Kier molecular flexibility index (Phi) is 5.12. The summed E-state index contributed by atoms with van der Waals surface area (Å²) < 4.78 is 46.5. The molecule has 3 aliphatic heterocycles. The molecule has 2 unspecified atom stereocenters. The van der Waals surface area contributed by atoms with E-state index in [0.717, 1.165) is 6.07 Å². The lowest BCUT2D eigenvalue weighted by Crippen LogP contribution is -2.68. The van der Waals surface area contributed by atoms with Crippen molar-refractivity contribution in [2.45, 2.75) is 25.6 Å². The normalized spacial score (nSPS) is 26.1. The van der Waals surface area contributed by atoms with Crippen molar-refractivity contribution >= 4 is 27.5 Å². The molecule has 0 saturated carbocycles. The summed E-state index contributed by atoms with van der Waals surface area (Å²) in [4.78, 5) is 14.6. The van der Waals surface area contributed by atoms with Gasteiger partial charge >= 0.3 is 6.18 Å². The van der Waals surface area contributed by atoms with Crippen LogP contribution in [0, 0.1) is 6.92 Å². The molecule has 0 spiro atoms. The van der Waals surface area contributed by atoms with E-state index >= 15 is 0 Å². The van der Waals surface area contributed by atoms with Crippen LogP contribution in [-0.4, -0.2) is 49.6 Å². The van der Waals surface area contributed by atoms with E-state index in [4.69, 9.17) is 4.74 Å². The van der Waals surface area contributed by atoms with Crippen LogP contribution in [-0.2, 0) is 15.7 Å². The van der Waals surface area contributed by atoms with Crippen molar-refractivity contribution < 1.29 is 22.7 Å². The van der Waals surface area contributed by atoms with Crippen LogP contribution in [0.3, 0.4) is 0 Å². The summed E-state index contributed by atoms with van der Waals surface area (Å²) in [5, 5.41) is 7.36. The minimum Gasteiger partial charge on any atom is -0.379 e. The predicted octanol–water partition coefficient (Wildman–Crippen LogP) is 1.65. The van der Waals surface area contributed by atoms with Crippen molar-refractivity contribution in [3.05, 3.63) is 39.5 Å². The Balaban J connectivity index is 1.62. The SMILES string of the molecule is Cc1cc(Br)cc(C(F)(F)F)c1N1C=C2C(=O)NC(N3CCOCC3)NC2N1. The number of hydrogen-bond donors (Lipinski definition) is 3. The summed E-state index contributed by atoms with van der Waals surface area (Å²) in [6, 6.07) is 2.64. The van der Waals surface area contributed by atoms with Crippen LogP contribution < -0.4 is 21.1 Å². The number of carbonyl (C=O) groups excluding carboxylic acids is 1. The highest BCUT2D eigenvalue weighted by atomic mass is 79.9. The van der Waals surface area contributed by atoms with Gasteiger partial charge in [0.25, 0.3) is 5.91 Å². The molecule has 3 heterocycles. The number of halogens is 4. The van der Waals surface area contributed by atoms with E-state index in [9.17, 15) is 18.0 Å². The van der Waals surface area contributed by atoms with Gasteiger partial charge in [-0.2, -0.15) is 13.2 Å². The fraction of sp³-hybridized carbons (Fsp3) is 0.471. The largest absolute Gasteiger partial charge is 0.418 e. The molecule has 0 radical (unpaired) electrons. The monoisotopic (exact) mass is 461 g/mol. The standard InChI is InChI=1S/C17H19BrF3N5O2/c1-9-6-10(18)7-12(17(19,20)21)13(9)26-8-11-14(24-26)22-16(23-15(11)27)25-2-4-28-5-3-25/h6-8,14,16,22,24H,2-5H2,1H3,(H,23,27). The Morgan fingerprint density at radius 3 is 2.64 bits per heavy atom. The molecular formula is C17H19BrF3N5O2. The summed E-state index contributed by atoms with van der Waals surface area (Å²) in [5.74, 6) is -0.321. The summed E-state index contributed by atoms with van der Waals surface area (Å²) in [7, 11) is 0. The van der Waals surface area contributed by atoms with Gasteiger partial charge in [-0.25, -0.2) is 5.43 Å².